The average molecular weight is 295 g/mol. The van der Waals surface area contributed by atoms with Crippen LogP contribution in [0.25, 0.3) is 0 Å². The quantitative estimate of drug-likeness (QED) is 0.819. The molecular formula is C15H21NO3S. The van der Waals surface area contributed by atoms with Crippen LogP contribution in [0.5, 0.6) is 5.75 Å². The van der Waals surface area contributed by atoms with Crippen LogP contribution in [0.1, 0.15) is 19.8 Å². The van der Waals surface area contributed by atoms with Gasteiger partial charge >= 0.3 is 0 Å². The fraction of sp³-hybridized carbons (Fsp3) is 0.533. The number of hydrogen-bond acceptors (Lipinski definition) is 4. The topological polar surface area (TPSA) is 47.6 Å². The van der Waals surface area contributed by atoms with E-state index in [0.29, 0.717) is 6.54 Å². The summed E-state index contributed by atoms with van der Waals surface area (Å²) in [5.74, 6) is 0.857. The molecule has 2 rings (SSSR count). The van der Waals surface area contributed by atoms with Gasteiger partial charge in [0, 0.05) is 18.0 Å². The summed E-state index contributed by atoms with van der Waals surface area (Å²) in [6.07, 6.45) is 2.32. The van der Waals surface area contributed by atoms with Gasteiger partial charge in [0.1, 0.15) is 5.75 Å². The number of thioether (sulfide) groups is 1. The maximum Gasteiger partial charge on any atom is 0.233 e. The van der Waals surface area contributed by atoms with Gasteiger partial charge < -0.3 is 14.8 Å². The van der Waals surface area contributed by atoms with Crippen LogP contribution in [-0.2, 0) is 9.53 Å². The number of ether oxygens (including phenoxy) is 2. The van der Waals surface area contributed by atoms with Crippen LogP contribution in [0.3, 0.4) is 0 Å². The molecule has 2 atom stereocenters. The lowest BCUT2D eigenvalue weighted by Crippen LogP contribution is -2.36. The maximum absolute atomic E-state index is 12.0. The van der Waals surface area contributed by atoms with Crippen molar-refractivity contribution in [1.29, 1.82) is 0 Å². The Kier molecular flexibility index (Phi) is 5.73. The summed E-state index contributed by atoms with van der Waals surface area (Å²) in [4.78, 5) is 13.1. The molecule has 1 aliphatic rings. The summed E-state index contributed by atoms with van der Waals surface area (Å²) >= 11 is 1.53. The number of amides is 1. The molecule has 1 saturated heterocycles. The fourth-order valence-corrected chi connectivity index (χ4v) is 3.04. The Balaban J connectivity index is 1.80. The Morgan fingerprint density at radius 1 is 1.60 bits per heavy atom. The third-order valence-corrected chi connectivity index (χ3v) is 4.34. The molecular weight excluding hydrogens is 274 g/mol. The molecule has 1 aliphatic heterocycles. The molecule has 0 spiro atoms. The van der Waals surface area contributed by atoms with Crippen LogP contribution in [-0.4, -0.2) is 37.5 Å². The molecule has 1 heterocycles. The normalized spacial score (nSPS) is 19.6. The van der Waals surface area contributed by atoms with E-state index in [1.54, 1.807) is 7.11 Å². The zero-order valence-electron chi connectivity index (χ0n) is 11.9. The molecule has 0 aromatic heterocycles. The van der Waals surface area contributed by atoms with Gasteiger partial charge in [-0.1, -0.05) is 6.07 Å². The zero-order valence-corrected chi connectivity index (χ0v) is 12.7. The zero-order chi connectivity index (χ0) is 14.4. The lowest BCUT2D eigenvalue weighted by atomic mass is 10.2. The average Bonchev–Trinajstić information content (AvgIpc) is 2.98. The first kappa shape index (κ1) is 15.2. The van der Waals surface area contributed by atoms with Crippen molar-refractivity contribution in [3.05, 3.63) is 24.3 Å². The van der Waals surface area contributed by atoms with Crippen molar-refractivity contribution in [2.24, 2.45) is 0 Å². The van der Waals surface area contributed by atoms with Crippen molar-refractivity contribution in [1.82, 2.24) is 5.32 Å². The summed E-state index contributed by atoms with van der Waals surface area (Å²) in [7, 11) is 1.64. The number of benzene rings is 1. The van der Waals surface area contributed by atoms with Crippen LogP contribution in [0, 0.1) is 0 Å². The molecule has 0 saturated carbocycles. The minimum atomic E-state index is -0.136. The van der Waals surface area contributed by atoms with Gasteiger partial charge in [0.15, 0.2) is 0 Å². The van der Waals surface area contributed by atoms with Gasteiger partial charge in [0.2, 0.25) is 5.91 Å². The van der Waals surface area contributed by atoms with E-state index < -0.39 is 0 Å². The van der Waals surface area contributed by atoms with Crippen LogP contribution >= 0.6 is 11.8 Å². The second kappa shape index (κ2) is 7.55. The summed E-state index contributed by atoms with van der Waals surface area (Å²) in [5, 5.41) is 2.82. The first-order valence-electron chi connectivity index (χ1n) is 6.89. The minimum absolute atomic E-state index is 0.0494. The van der Waals surface area contributed by atoms with Crippen LogP contribution in [0.2, 0.25) is 0 Å². The lowest BCUT2D eigenvalue weighted by Gasteiger charge is -2.15. The van der Waals surface area contributed by atoms with Gasteiger partial charge in [-0.25, -0.2) is 0 Å². The molecule has 1 aromatic carbocycles. The lowest BCUT2D eigenvalue weighted by molar-refractivity contribution is -0.120. The van der Waals surface area contributed by atoms with Gasteiger partial charge in [0.05, 0.1) is 18.5 Å². The number of carbonyl (C=O) groups excluding carboxylic acids is 1. The van der Waals surface area contributed by atoms with Crippen LogP contribution in [0.15, 0.2) is 29.2 Å². The molecule has 4 nitrogen and oxygen atoms in total. The highest BCUT2D eigenvalue weighted by molar-refractivity contribution is 8.00. The van der Waals surface area contributed by atoms with Gasteiger partial charge in [-0.15, -0.1) is 11.8 Å². The highest BCUT2D eigenvalue weighted by Gasteiger charge is 2.19. The first-order valence-corrected chi connectivity index (χ1v) is 7.77. The molecule has 0 unspecified atom stereocenters. The molecule has 110 valence electrons. The second-order valence-electron chi connectivity index (χ2n) is 4.82. The fourth-order valence-electron chi connectivity index (χ4n) is 2.10. The van der Waals surface area contributed by atoms with Crippen LogP contribution < -0.4 is 10.1 Å². The highest BCUT2D eigenvalue weighted by atomic mass is 32.2. The Morgan fingerprint density at radius 2 is 2.45 bits per heavy atom. The first-order chi connectivity index (χ1) is 9.69. The molecule has 1 fully saturated rings. The standard InChI is InChI=1S/C15H21NO3S/c1-11(15(17)16-10-13-6-4-8-19-13)20-14-7-3-5-12(9-14)18-2/h3,5,7,9,11,13H,4,6,8,10H2,1-2H3,(H,16,17)/t11-,13-/m1/s1. The van der Waals surface area contributed by atoms with E-state index in [2.05, 4.69) is 5.32 Å². The summed E-state index contributed by atoms with van der Waals surface area (Å²) in [5.41, 5.74) is 0. The predicted molar refractivity (Wildman–Crippen MR) is 80.3 cm³/mol. The van der Waals surface area contributed by atoms with E-state index in [1.807, 2.05) is 31.2 Å². The van der Waals surface area contributed by atoms with E-state index in [0.717, 1.165) is 30.1 Å². The van der Waals surface area contributed by atoms with Crippen molar-refractivity contribution >= 4 is 17.7 Å². The number of hydrogen-bond donors (Lipinski definition) is 1. The van der Waals surface area contributed by atoms with Gasteiger partial charge in [0.25, 0.3) is 0 Å². The van der Waals surface area contributed by atoms with E-state index >= 15 is 0 Å². The number of rotatable bonds is 6. The molecule has 0 aliphatic carbocycles. The molecule has 0 radical (unpaired) electrons. The number of carbonyl (C=O) groups is 1. The van der Waals surface area contributed by atoms with E-state index in [1.165, 1.54) is 11.8 Å². The third-order valence-electron chi connectivity index (χ3n) is 3.25. The molecule has 1 amide bonds. The van der Waals surface area contributed by atoms with Gasteiger partial charge in [-0.2, -0.15) is 0 Å². The van der Waals surface area contributed by atoms with E-state index in [4.69, 9.17) is 9.47 Å². The molecule has 20 heavy (non-hydrogen) atoms. The summed E-state index contributed by atoms with van der Waals surface area (Å²) in [6, 6.07) is 7.75. The Morgan fingerprint density at radius 3 is 3.15 bits per heavy atom. The van der Waals surface area contributed by atoms with Gasteiger partial charge in [-0.3, -0.25) is 4.79 Å². The van der Waals surface area contributed by atoms with Crippen molar-refractivity contribution in [2.45, 2.75) is 36.0 Å². The smallest absolute Gasteiger partial charge is 0.233 e. The van der Waals surface area contributed by atoms with Gasteiger partial charge in [-0.05, 0) is 38.0 Å². The maximum atomic E-state index is 12.0. The molecule has 0 bridgehead atoms. The highest BCUT2D eigenvalue weighted by Crippen LogP contribution is 2.26. The van der Waals surface area contributed by atoms with Crippen molar-refractivity contribution in [3.63, 3.8) is 0 Å². The monoisotopic (exact) mass is 295 g/mol. The molecule has 5 heteroatoms. The summed E-state index contributed by atoms with van der Waals surface area (Å²) < 4.78 is 10.7. The number of nitrogens with one attached hydrogen (secondary N) is 1. The van der Waals surface area contributed by atoms with Crippen molar-refractivity contribution < 1.29 is 14.3 Å². The Labute approximate surface area is 124 Å². The van der Waals surface area contributed by atoms with Crippen LogP contribution in [0.4, 0.5) is 0 Å². The molecule has 1 N–H and O–H groups in total. The van der Waals surface area contributed by atoms with Crippen molar-refractivity contribution in [3.8, 4) is 5.75 Å². The van der Waals surface area contributed by atoms with E-state index in [9.17, 15) is 4.79 Å². The second-order valence-corrected chi connectivity index (χ2v) is 6.23. The molecule has 1 aromatic rings. The SMILES string of the molecule is COc1cccc(S[C@H](C)C(=O)NC[C@H]2CCCO2)c1. The Hall–Kier alpha value is -1.20. The largest absolute Gasteiger partial charge is 0.497 e. The number of methoxy groups -OCH3 is 1. The third kappa shape index (κ3) is 4.42. The Bertz CT molecular complexity index is 446. The van der Waals surface area contributed by atoms with E-state index in [-0.39, 0.29) is 17.3 Å². The minimum Gasteiger partial charge on any atom is -0.497 e. The van der Waals surface area contributed by atoms with Crippen molar-refractivity contribution in [2.75, 3.05) is 20.3 Å². The summed E-state index contributed by atoms with van der Waals surface area (Å²) in [6.45, 7) is 3.34. The predicted octanol–water partition coefficient (Wildman–Crippen LogP) is 2.47.